The molecule has 7 heteroatoms. The van der Waals surface area contributed by atoms with Gasteiger partial charge in [-0.1, -0.05) is 0 Å². The summed E-state index contributed by atoms with van der Waals surface area (Å²) in [6, 6.07) is 2.46. The second-order valence-corrected chi connectivity index (χ2v) is 6.21. The summed E-state index contributed by atoms with van der Waals surface area (Å²) in [5.41, 5.74) is -1.49. The predicted octanol–water partition coefficient (Wildman–Crippen LogP) is 2.38. The lowest BCUT2D eigenvalue weighted by molar-refractivity contribution is -0.137. The van der Waals surface area contributed by atoms with Gasteiger partial charge in [-0.3, -0.25) is 0 Å². The van der Waals surface area contributed by atoms with Gasteiger partial charge in [-0.15, -0.1) is 0 Å². The van der Waals surface area contributed by atoms with Crippen molar-refractivity contribution in [1.29, 1.82) is 0 Å². The minimum atomic E-state index is -4.36. The van der Waals surface area contributed by atoms with Crippen molar-refractivity contribution in [3.63, 3.8) is 0 Å². The molecule has 1 aliphatic heterocycles. The van der Waals surface area contributed by atoms with Gasteiger partial charge in [0.25, 0.3) is 0 Å². The van der Waals surface area contributed by atoms with Crippen molar-refractivity contribution in [2.24, 2.45) is 0 Å². The van der Waals surface area contributed by atoms with Gasteiger partial charge in [0, 0.05) is 25.8 Å². The van der Waals surface area contributed by atoms with Crippen LogP contribution in [0.4, 0.5) is 19.0 Å². The minimum absolute atomic E-state index is 0.530. The van der Waals surface area contributed by atoms with Crippen LogP contribution in [0.5, 0.6) is 0 Å². The number of hydrogen-bond acceptors (Lipinski definition) is 4. The molecule has 124 valence electrons. The summed E-state index contributed by atoms with van der Waals surface area (Å²) in [6.45, 7) is 1.86. The number of rotatable bonds is 3. The third-order valence-electron chi connectivity index (χ3n) is 3.93. The summed E-state index contributed by atoms with van der Waals surface area (Å²) in [6.07, 6.45) is -1.45. The van der Waals surface area contributed by atoms with Gasteiger partial charge in [0.1, 0.15) is 5.82 Å². The van der Waals surface area contributed by atoms with Crippen molar-refractivity contribution in [2.45, 2.75) is 31.0 Å². The number of hydrogen-bond donors (Lipinski definition) is 1. The molecule has 0 saturated carbocycles. The third-order valence-corrected chi connectivity index (χ3v) is 3.93. The summed E-state index contributed by atoms with van der Waals surface area (Å²) in [5, 5.41) is 10.6. The third kappa shape index (κ3) is 4.33. The Kier molecular flexibility index (Phi) is 4.97. The van der Waals surface area contributed by atoms with Crippen molar-refractivity contribution in [3.05, 3.63) is 23.9 Å². The number of likely N-dealkylation sites (N-methyl/N-ethyl adjacent to an activating group) is 1. The monoisotopic (exact) mass is 317 g/mol. The number of pyridine rings is 1. The molecule has 0 aromatic carbocycles. The highest BCUT2D eigenvalue weighted by atomic mass is 19.4. The van der Waals surface area contributed by atoms with Gasteiger partial charge < -0.3 is 14.9 Å². The molecule has 0 amide bonds. The molecule has 2 rings (SSSR count). The highest BCUT2D eigenvalue weighted by Gasteiger charge is 2.32. The van der Waals surface area contributed by atoms with Crippen molar-refractivity contribution >= 4 is 5.82 Å². The number of anilines is 1. The van der Waals surface area contributed by atoms with Gasteiger partial charge in [0.15, 0.2) is 0 Å². The second kappa shape index (κ2) is 6.42. The Hall–Kier alpha value is -1.34. The Balaban J connectivity index is 2.05. The molecular formula is C15H22F3N3O. The molecule has 4 nitrogen and oxygen atoms in total. The quantitative estimate of drug-likeness (QED) is 0.929. The first-order valence-corrected chi connectivity index (χ1v) is 7.35. The maximum Gasteiger partial charge on any atom is 0.417 e. The van der Waals surface area contributed by atoms with Crippen LogP contribution in [0.1, 0.15) is 24.8 Å². The molecule has 1 aromatic heterocycles. The summed E-state index contributed by atoms with van der Waals surface area (Å²) in [5.74, 6) is 0.530. The Morgan fingerprint density at radius 2 is 2.00 bits per heavy atom. The van der Waals surface area contributed by atoms with Crippen molar-refractivity contribution < 1.29 is 18.3 Å². The Morgan fingerprint density at radius 1 is 1.27 bits per heavy atom. The number of alkyl halides is 3. The molecule has 1 atom stereocenters. The lowest BCUT2D eigenvalue weighted by Gasteiger charge is -2.30. The highest BCUT2D eigenvalue weighted by Crippen LogP contribution is 2.30. The lowest BCUT2D eigenvalue weighted by atomic mass is 9.94. The molecular weight excluding hydrogens is 295 g/mol. The van der Waals surface area contributed by atoms with E-state index in [4.69, 9.17) is 0 Å². The van der Waals surface area contributed by atoms with Crippen molar-refractivity contribution in [3.8, 4) is 0 Å². The van der Waals surface area contributed by atoms with Crippen LogP contribution in [0.25, 0.3) is 0 Å². The van der Waals surface area contributed by atoms with Crippen LogP contribution >= 0.6 is 0 Å². The number of aromatic nitrogens is 1. The number of nitrogens with zero attached hydrogens (tertiary/aromatic N) is 3. The number of halogens is 3. The van der Waals surface area contributed by atoms with E-state index in [9.17, 15) is 18.3 Å². The molecule has 0 unspecified atom stereocenters. The van der Waals surface area contributed by atoms with Crippen LogP contribution < -0.4 is 4.90 Å². The van der Waals surface area contributed by atoms with E-state index in [-0.39, 0.29) is 0 Å². The average molecular weight is 317 g/mol. The summed E-state index contributed by atoms with van der Waals surface area (Å²) in [7, 11) is 3.83. The van der Waals surface area contributed by atoms with Crippen LogP contribution in [0.2, 0.25) is 0 Å². The first kappa shape index (κ1) is 17.0. The highest BCUT2D eigenvalue weighted by molar-refractivity contribution is 5.40. The first-order chi connectivity index (χ1) is 10.2. The van der Waals surface area contributed by atoms with Crippen molar-refractivity contribution in [2.75, 3.05) is 38.6 Å². The Bertz CT molecular complexity index is 490. The molecule has 0 bridgehead atoms. The molecule has 1 aromatic rings. The van der Waals surface area contributed by atoms with E-state index >= 15 is 0 Å². The molecule has 0 aliphatic carbocycles. The van der Waals surface area contributed by atoms with E-state index in [1.165, 1.54) is 6.07 Å². The smallest absolute Gasteiger partial charge is 0.388 e. The fourth-order valence-corrected chi connectivity index (χ4v) is 2.90. The molecule has 0 spiro atoms. The zero-order chi connectivity index (χ0) is 16.4. The Morgan fingerprint density at radius 3 is 2.55 bits per heavy atom. The van der Waals surface area contributed by atoms with E-state index in [0.29, 0.717) is 38.3 Å². The molecule has 22 heavy (non-hydrogen) atoms. The van der Waals surface area contributed by atoms with Crippen LogP contribution in [-0.4, -0.2) is 54.3 Å². The van der Waals surface area contributed by atoms with Gasteiger partial charge in [-0.05, 0) is 45.5 Å². The van der Waals surface area contributed by atoms with Gasteiger partial charge >= 0.3 is 6.18 Å². The van der Waals surface area contributed by atoms with Crippen LogP contribution in [-0.2, 0) is 6.18 Å². The van der Waals surface area contributed by atoms with Crippen molar-refractivity contribution in [1.82, 2.24) is 9.88 Å². The first-order valence-electron chi connectivity index (χ1n) is 7.35. The minimum Gasteiger partial charge on any atom is -0.388 e. The zero-order valence-corrected chi connectivity index (χ0v) is 12.9. The van der Waals surface area contributed by atoms with Gasteiger partial charge in [0.05, 0.1) is 11.2 Å². The van der Waals surface area contributed by atoms with Crippen LogP contribution in [0.3, 0.4) is 0 Å². The van der Waals surface area contributed by atoms with E-state index in [0.717, 1.165) is 18.7 Å². The van der Waals surface area contributed by atoms with E-state index in [1.54, 1.807) is 0 Å². The van der Waals surface area contributed by atoms with E-state index in [2.05, 4.69) is 4.98 Å². The summed E-state index contributed by atoms with van der Waals surface area (Å²) in [4.78, 5) is 7.82. The average Bonchev–Trinajstić information content (AvgIpc) is 2.59. The zero-order valence-electron chi connectivity index (χ0n) is 12.9. The molecule has 0 radical (unpaired) electrons. The van der Waals surface area contributed by atoms with Crippen LogP contribution in [0, 0.1) is 0 Å². The molecule has 1 aliphatic rings. The standard InChI is InChI=1S/C15H22F3N3O/c1-20(2)11-14(22)6-3-8-21(9-7-14)13-5-4-12(10-19-13)15(16,17)18/h4-5,10,22H,3,6-9,11H2,1-2H3/t14-/m0/s1. The van der Waals surface area contributed by atoms with E-state index < -0.39 is 17.3 Å². The molecule has 1 fully saturated rings. The fraction of sp³-hybridized carbons (Fsp3) is 0.667. The fourth-order valence-electron chi connectivity index (χ4n) is 2.90. The topological polar surface area (TPSA) is 39.6 Å². The van der Waals surface area contributed by atoms with Gasteiger partial charge in [-0.25, -0.2) is 4.98 Å². The lowest BCUT2D eigenvalue weighted by Crippen LogP contribution is -2.41. The second-order valence-electron chi connectivity index (χ2n) is 6.21. The summed E-state index contributed by atoms with van der Waals surface area (Å²) < 4.78 is 37.7. The normalized spacial score (nSPS) is 23.7. The molecule has 2 heterocycles. The maximum absolute atomic E-state index is 12.6. The number of aliphatic hydroxyl groups is 1. The largest absolute Gasteiger partial charge is 0.417 e. The van der Waals surface area contributed by atoms with Gasteiger partial charge in [-0.2, -0.15) is 13.2 Å². The predicted molar refractivity (Wildman–Crippen MR) is 78.8 cm³/mol. The maximum atomic E-state index is 12.6. The van der Waals surface area contributed by atoms with Crippen LogP contribution in [0.15, 0.2) is 18.3 Å². The van der Waals surface area contributed by atoms with E-state index in [1.807, 2.05) is 23.9 Å². The van der Waals surface area contributed by atoms with Gasteiger partial charge in [0.2, 0.25) is 0 Å². The Labute approximate surface area is 128 Å². The summed E-state index contributed by atoms with van der Waals surface area (Å²) >= 11 is 0. The molecule has 1 N–H and O–H groups in total. The SMILES string of the molecule is CN(C)C[C@]1(O)CCCN(c2ccc(C(F)(F)F)cn2)CC1. The molecule has 1 saturated heterocycles.